The molecule has 0 spiro atoms. The van der Waals surface area contributed by atoms with Crippen molar-refractivity contribution in [1.82, 2.24) is 4.90 Å². The third-order valence-electron chi connectivity index (χ3n) is 3.77. The first-order valence-corrected chi connectivity index (χ1v) is 7.46. The number of hydrogen-bond acceptors (Lipinski definition) is 3. The molecule has 2 heterocycles. The van der Waals surface area contributed by atoms with Crippen molar-refractivity contribution >= 4 is 11.3 Å². The van der Waals surface area contributed by atoms with Crippen LogP contribution in [-0.2, 0) is 6.42 Å². The Morgan fingerprint density at radius 1 is 1.41 bits per heavy atom. The topological polar surface area (TPSA) is 23.5 Å². The first-order chi connectivity index (χ1) is 8.09. The van der Waals surface area contributed by atoms with Crippen molar-refractivity contribution in [2.75, 3.05) is 13.1 Å². The lowest BCUT2D eigenvalue weighted by molar-refractivity contribution is 0.0256. The van der Waals surface area contributed by atoms with E-state index in [1.165, 1.54) is 4.88 Å². The Balaban J connectivity index is 1.96. The fourth-order valence-corrected chi connectivity index (χ4v) is 3.47. The quantitative estimate of drug-likeness (QED) is 0.895. The summed E-state index contributed by atoms with van der Waals surface area (Å²) >= 11 is 1.76. The molecular formula is C14H23NOS. The highest BCUT2D eigenvalue weighted by Gasteiger charge is 2.31. The van der Waals surface area contributed by atoms with Gasteiger partial charge >= 0.3 is 0 Å². The summed E-state index contributed by atoms with van der Waals surface area (Å²) < 4.78 is 0. The molecule has 1 aromatic rings. The van der Waals surface area contributed by atoms with Crippen molar-refractivity contribution in [2.24, 2.45) is 0 Å². The maximum Gasteiger partial charge on any atom is 0.0708 e. The number of rotatable bonds is 3. The van der Waals surface area contributed by atoms with Crippen LogP contribution < -0.4 is 0 Å². The molecule has 1 aromatic heterocycles. The molecule has 1 aliphatic rings. The summed E-state index contributed by atoms with van der Waals surface area (Å²) in [6.07, 6.45) is 3.79. The van der Waals surface area contributed by atoms with E-state index in [1.54, 1.807) is 11.3 Å². The molecular weight excluding hydrogens is 230 g/mol. The van der Waals surface area contributed by atoms with Gasteiger partial charge in [-0.3, -0.25) is 0 Å². The van der Waals surface area contributed by atoms with Gasteiger partial charge in [0.25, 0.3) is 0 Å². The zero-order chi connectivity index (χ0) is 12.3. The molecule has 2 rings (SSSR count). The van der Waals surface area contributed by atoms with Crippen LogP contribution >= 0.6 is 11.3 Å². The number of aliphatic hydroxyl groups is 1. The maximum atomic E-state index is 10.7. The van der Waals surface area contributed by atoms with E-state index in [4.69, 9.17) is 0 Å². The molecule has 0 bridgehead atoms. The molecule has 1 atom stereocenters. The lowest BCUT2D eigenvalue weighted by Gasteiger charge is -2.27. The number of nitrogens with zero attached hydrogens (tertiary/aromatic N) is 1. The number of thiophene rings is 1. The summed E-state index contributed by atoms with van der Waals surface area (Å²) in [4.78, 5) is 3.79. The van der Waals surface area contributed by atoms with Crippen LogP contribution in [0.2, 0.25) is 0 Å². The van der Waals surface area contributed by atoms with Crippen LogP contribution in [0.15, 0.2) is 17.5 Å². The van der Waals surface area contributed by atoms with Gasteiger partial charge in [-0.1, -0.05) is 6.07 Å². The predicted molar refractivity (Wildman–Crippen MR) is 73.5 cm³/mol. The monoisotopic (exact) mass is 253 g/mol. The lowest BCUT2D eigenvalue weighted by atomic mass is 9.90. The van der Waals surface area contributed by atoms with Gasteiger partial charge in [-0.15, -0.1) is 11.3 Å². The highest BCUT2D eigenvalue weighted by Crippen LogP contribution is 2.28. The van der Waals surface area contributed by atoms with Crippen LogP contribution in [-0.4, -0.2) is 34.7 Å². The molecule has 1 unspecified atom stereocenters. The number of hydrogen-bond donors (Lipinski definition) is 1. The van der Waals surface area contributed by atoms with E-state index in [1.807, 2.05) is 0 Å². The summed E-state index contributed by atoms with van der Waals surface area (Å²) in [5.41, 5.74) is -0.478. The van der Waals surface area contributed by atoms with Gasteiger partial charge in [0.1, 0.15) is 0 Å². The van der Waals surface area contributed by atoms with Gasteiger partial charge in [0, 0.05) is 23.9 Å². The third kappa shape index (κ3) is 3.54. The molecule has 96 valence electrons. The number of likely N-dealkylation sites (tertiary alicyclic amines) is 1. The van der Waals surface area contributed by atoms with Crippen molar-refractivity contribution in [3.8, 4) is 0 Å². The standard InChI is InChI=1S/C14H23NOS/c1-12(2)15-8-4-6-14(16,7-9-15)11-13-5-3-10-17-13/h3,5,10,12,16H,4,6-9,11H2,1-2H3. The SMILES string of the molecule is CC(C)N1CCCC(O)(Cc2cccs2)CC1. The predicted octanol–water partition coefficient (Wildman–Crippen LogP) is 2.92. The van der Waals surface area contributed by atoms with Crippen molar-refractivity contribution in [2.45, 2.75) is 51.2 Å². The van der Waals surface area contributed by atoms with Crippen molar-refractivity contribution < 1.29 is 5.11 Å². The molecule has 1 saturated heterocycles. The van der Waals surface area contributed by atoms with Gasteiger partial charge < -0.3 is 10.0 Å². The third-order valence-corrected chi connectivity index (χ3v) is 4.64. The van der Waals surface area contributed by atoms with Crippen molar-refractivity contribution in [1.29, 1.82) is 0 Å². The Labute approximate surface area is 108 Å². The van der Waals surface area contributed by atoms with Crippen LogP contribution in [0.25, 0.3) is 0 Å². The van der Waals surface area contributed by atoms with Crippen LogP contribution in [0.3, 0.4) is 0 Å². The average molecular weight is 253 g/mol. The van der Waals surface area contributed by atoms with Crippen LogP contribution in [0.4, 0.5) is 0 Å². The van der Waals surface area contributed by atoms with Gasteiger partial charge in [-0.05, 0) is 51.1 Å². The second-order valence-electron chi connectivity index (χ2n) is 5.46. The Kier molecular flexibility index (Phi) is 4.23. The van der Waals surface area contributed by atoms with E-state index < -0.39 is 5.60 Å². The minimum atomic E-state index is -0.478. The summed E-state index contributed by atoms with van der Waals surface area (Å²) in [5, 5.41) is 12.8. The zero-order valence-electron chi connectivity index (χ0n) is 10.9. The molecule has 1 N–H and O–H groups in total. The van der Waals surface area contributed by atoms with E-state index in [9.17, 15) is 5.11 Å². The average Bonchev–Trinajstić information content (AvgIpc) is 2.67. The highest BCUT2D eigenvalue weighted by molar-refractivity contribution is 7.09. The molecule has 3 heteroatoms. The molecule has 0 radical (unpaired) electrons. The van der Waals surface area contributed by atoms with Crippen molar-refractivity contribution in [3.05, 3.63) is 22.4 Å². The summed E-state index contributed by atoms with van der Waals surface area (Å²) in [7, 11) is 0. The Hall–Kier alpha value is -0.380. The van der Waals surface area contributed by atoms with Gasteiger partial charge in [0.15, 0.2) is 0 Å². The molecule has 0 saturated carbocycles. The summed E-state index contributed by atoms with van der Waals surface area (Å²) in [5.74, 6) is 0. The van der Waals surface area contributed by atoms with Gasteiger partial charge in [0.05, 0.1) is 5.60 Å². The molecule has 0 aromatic carbocycles. The van der Waals surface area contributed by atoms with E-state index in [-0.39, 0.29) is 0 Å². The fraction of sp³-hybridized carbons (Fsp3) is 0.714. The van der Waals surface area contributed by atoms with Gasteiger partial charge in [-0.2, -0.15) is 0 Å². The minimum absolute atomic E-state index is 0.478. The Morgan fingerprint density at radius 2 is 2.24 bits per heavy atom. The molecule has 0 aliphatic carbocycles. The van der Waals surface area contributed by atoms with E-state index >= 15 is 0 Å². The first kappa shape index (κ1) is 13.1. The lowest BCUT2D eigenvalue weighted by Crippen LogP contribution is -2.35. The molecule has 0 amide bonds. The smallest absolute Gasteiger partial charge is 0.0708 e. The van der Waals surface area contributed by atoms with Crippen molar-refractivity contribution in [3.63, 3.8) is 0 Å². The maximum absolute atomic E-state index is 10.7. The van der Waals surface area contributed by atoms with E-state index in [0.29, 0.717) is 6.04 Å². The van der Waals surface area contributed by atoms with Crippen LogP contribution in [0.1, 0.15) is 38.0 Å². The molecule has 2 nitrogen and oxygen atoms in total. The second kappa shape index (κ2) is 5.51. The highest BCUT2D eigenvalue weighted by atomic mass is 32.1. The fourth-order valence-electron chi connectivity index (χ4n) is 2.63. The van der Waals surface area contributed by atoms with Gasteiger partial charge in [-0.25, -0.2) is 0 Å². The summed E-state index contributed by atoms with van der Waals surface area (Å²) in [6, 6.07) is 4.80. The normalized spacial score (nSPS) is 27.3. The first-order valence-electron chi connectivity index (χ1n) is 6.58. The second-order valence-corrected chi connectivity index (χ2v) is 6.50. The summed E-state index contributed by atoms with van der Waals surface area (Å²) in [6.45, 7) is 6.64. The minimum Gasteiger partial charge on any atom is -0.389 e. The van der Waals surface area contributed by atoms with Crippen LogP contribution in [0, 0.1) is 0 Å². The molecule has 1 fully saturated rings. The van der Waals surface area contributed by atoms with E-state index in [2.05, 4.69) is 36.3 Å². The Morgan fingerprint density at radius 3 is 2.88 bits per heavy atom. The van der Waals surface area contributed by atoms with E-state index in [0.717, 1.165) is 38.8 Å². The zero-order valence-corrected chi connectivity index (χ0v) is 11.7. The Bertz CT molecular complexity index is 336. The molecule has 1 aliphatic heterocycles. The van der Waals surface area contributed by atoms with Crippen LogP contribution in [0.5, 0.6) is 0 Å². The molecule has 17 heavy (non-hydrogen) atoms. The van der Waals surface area contributed by atoms with Gasteiger partial charge in [0.2, 0.25) is 0 Å². The largest absolute Gasteiger partial charge is 0.389 e.